The fraction of sp³-hybridized carbons (Fsp3) is 0.217. The number of ether oxygens (including phenoxy) is 1. The molecule has 0 saturated carbocycles. The number of nitrogens with zero attached hydrogens (tertiary/aromatic N) is 4. The van der Waals surface area contributed by atoms with Crippen molar-refractivity contribution < 1.29 is 59.3 Å². The zero-order valence-corrected chi connectivity index (χ0v) is 22.6. The van der Waals surface area contributed by atoms with Crippen LogP contribution in [0.25, 0.3) is 22.8 Å². The normalized spacial score (nSPS) is 10.2. The predicted octanol–water partition coefficient (Wildman–Crippen LogP) is 2.33. The van der Waals surface area contributed by atoms with Crippen molar-refractivity contribution in [2.24, 2.45) is 4.99 Å². The number of carboxylic acid groups (broad SMARTS) is 2. The van der Waals surface area contributed by atoms with Gasteiger partial charge in [-0.3, -0.25) is 19.8 Å². The molecule has 5 N–H and O–H groups in total. The number of carbonyl (C=O) groups is 2. The van der Waals surface area contributed by atoms with Crippen LogP contribution >= 0.6 is 0 Å². The van der Waals surface area contributed by atoms with E-state index in [4.69, 9.17) is 34.2 Å². The number of hydrogen-bond acceptors (Lipinski definition) is 10. The Hall–Kier alpha value is -3.38. The number of methoxy groups -OCH3 is 1. The van der Waals surface area contributed by atoms with E-state index in [1.165, 1.54) is 0 Å². The van der Waals surface area contributed by atoms with Gasteiger partial charge >= 0.3 is 15.0 Å². The number of aliphatic imine (C=N–C) groups is 1. The number of pyridine rings is 3. The third kappa shape index (κ3) is 16.1. The molecule has 0 fully saturated rings. The maximum Gasteiger partial charge on any atom is 0.505 e. The molecule has 12 nitrogen and oxygen atoms in total. The van der Waals surface area contributed by atoms with Crippen LogP contribution in [-0.2, 0) is 30.0 Å². The average Bonchev–Trinajstić information content (AvgIpc) is 2.84. The Morgan fingerprint density at radius 1 is 0.946 bits per heavy atom. The molecule has 202 valence electrons. The topological polar surface area (TPSA) is 196 Å². The quantitative estimate of drug-likeness (QED) is 0.112. The fourth-order valence-corrected chi connectivity index (χ4v) is 3.13. The van der Waals surface area contributed by atoms with Gasteiger partial charge in [-0.2, -0.15) is 0 Å². The summed E-state index contributed by atoms with van der Waals surface area (Å²) in [5.41, 5.74) is 3.77. The first-order valence-corrected chi connectivity index (χ1v) is 12.5. The van der Waals surface area contributed by atoms with Crippen molar-refractivity contribution in [3.05, 3.63) is 66.5 Å². The minimum Gasteiger partial charge on any atom is -0.481 e. The third-order valence-electron chi connectivity index (χ3n) is 3.92. The molecule has 3 rings (SSSR count). The van der Waals surface area contributed by atoms with E-state index in [1.54, 1.807) is 18.6 Å². The molecule has 3 heterocycles. The zero-order valence-electron chi connectivity index (χ0n) is 20.0. The van der Waals surface area contributed by atoms with E-state index < -0.39 is 20.9 Å². The molecule has 0 saturated heterocycles. The summed E-state index contributed by atoms with van der Waals surface area (Å²) in [5, 5.41) is 14.9. The van der Waals surface area contributed by atoms with Crippen molar-refractivity contribution in [1.82, 2.24) is 15.0 Å². The molecule has 3 aromatic heterocycles. The van der Waals surface area contributed by atoms with Crippen LogP contribution in [-0.4, -0.2) is 80.4 Å². The van der Waals surface area contributed by atoms with Gasteiger partial charge in [-0.15, -0.1) is 0 Å². The van der Waals surface area contributed by atoms with Gasteiger partial charge in [-0.1, -0.05) is 12.1 Å². The van der Waals surface area contributed by atoms with Crippen LogP contribution in [0.1, 0.15) is 18.9 Å². The van der Waals surface area contributed by atoms with Crippen LogP contribution in [0.15, 0.2) is 65.9 Å². The second-order valence-electron chi connectivity index (χ2n) is 7.00. The van der Waals surface area contributed by atoms with Crippen molar-refractivity contribution in [1.29, 1.82) is 0 Å². The Labute approximate surface area is 228 Å². The van der Waals surface area contributed by atoms with Crippen LogP contribution in [0, 0.1) is 0 Å². The van der Waals surface area contributed by atoms with Crippen LogP contribution < -0.4 is 0 Å². The molecule has 0 spiro atoms. The first-order valence-electron chi connectivity index (χ1n) is 10.5. The molecule has 37 heavy (non-hydrogen) atoms. The Kier molecular flexibility index (Phi) is 16.3. The van der Waals surface area contributed by atoms with Gasteiger partial charge in [0.2, 0.25) is 0 Å². The van der Waals surface area contributed by atoms with E-state index in [0.29, 0.717) is 24.4 Å². The summed E-state index contributed by atoms with van der Waals surface area (Å²) >= 11 is 0. The van der Waals surface area contributed by atoms with E-state index >= 15 is 0 Å². The molecule has 0 aliphatic carbocycles. The summed E-state index contributed by atoms with van der Waals surface area (Å²) in [5.74, 6) is -0.833. The van der Waals surface area contributed by atoms with E-state index in [0.717, 1.165) is 31.0 Å². The summed E-state index contributed by atoms with van der Waals surface area (Å²) in [6, 6.07) is 15.0. The number of rotatable bonds is 7. The number of hydrogen-bond donors (Lipinski definition) is 5. The Balaban J connectivity index is 0.00000112. The molecule has 0 aromatic carbocycles. The smallest absolute Gasteiger partial charge is 0.481 e. The van der Waals surface area contributed by atoms with Crippen molar-refractivity contribution in [2.45, 2.75) is 19.4 Å². The second-order valence-corrected chi connectivity index (χ2v) is 9.05. The van der Waals surface area contributed by atoms with E-state index in [9.17, 15) is 0 Å². The molecule has 0 amide bonds. The second kappa shape index (κ2) is 18.0. The largest absolute Gasteiger partial charge is 0.505 e. The number of carboxylic acids is 1. The third-order valence-corrected chi connectivity index (χ3v) is 4.94. The molecule has 3 aromatic rings. The molecule has 0 unspecified atom stereocenters. The standard InChI is InChI=1S/C19H20N4O3Si.C2H4O3.C2H4O2.Pd/c24-27(25,26)11-5-8-20-14-15-12-18(16-6-1-3-9-21-16)23-19(13-15)17-7-2-4-10-22-17;1-5-2(3)4;1-2(3)4;/h1-4,6-7,9-10,12-14,24-26H,5,8,11H2;1H3,(H,3,4);1H3,(H,3,4);. The molecule has 0 bridgehead atoms. The first kappa shape index (κ1) is 33.6. The monoisotopic (exact) mass is 622 g/mol. The van der Waals surface area contributed by atoms with Gasteiger partial charge in [0.05, 0.1) is 29.9 Å². The van der Waals surface area contributed by atoms with Gasteiger partial charge in [0, 0.05) is 58.5 Å². The van der Waals surface area contributed by atoms with Crippen LogP contribution in [0.3, 0.4) is 0 Å². The van der Waals surface area contributed by atoms with E-state index in [-0.39, 0.29) is 26.5 Å². The van der Waals surface area contributed by atoms with Gasteiger partial charge in [0.1, 0.15) is 0 Å². The van der Waals surface area contributed by atoms with Crippen molar-refractivity contribution >= 4 is 27.1 Å². The number of aliphatic carboxylic acids is 1. The zero-order chi connectivity index (χ0) is 27.0. The molecular formula is C23H28N4O8PdSi. The Bertz CT molecular complexity index is 1050. The summed E-state index contributed by atoms with van der Waals surface area (Å²) in [6.45, 7) is 1.47. The predicted molar refractivity (Wildman–Crippen MR) is 133 cm³/mol. The molecule has 0 aliphatic rings. The SMILES string of the molecule is CC(=O)O.COC(=O)O.O[Si](O)(O)CCCN=Cc1cc(-c2ccccn2)nc(-c2ccccn2)c1.[Pd]. The molecule has 0 radical (unpaired) electrons. The first-order chi connectivity index (χ1) is 17.0. The summed E-state index contributed by atoms with van der Waals surface area (Å²) in [6.07, 6.45) is 4.29. The Morgan fingerprint density at radius 2 is 1.41 bits per heavy atom. The average molecular weight is 623 g/mol. The van der Waals surface area contributed by atoms with Crippen LogP contribution in [0.4, 0.5) is 4.79 Å². The van der Waals surface area contributed by atoms with E-state index in [1.807, 2.05) is 48.5 Å². The number of aromatic nitrogens is 3. The molecular weight excluding hydrogens is 595 g/mol. The Morgan fingerprint density at radius 3 is 1.76 bits per heavy atom. The van der Waals surface area contributed by atoms with Gasteiger partial charge in [0.15, 0.2) is 0 Å². The summed E-state index contributed by atoms with van der Waals surface area (Å²) < 4.78 is 3.67. The maximum absolute atomic E-state index is 9.15. The molecule has 0 aliphatic heterocycles. The minimum atomic E-state index is -3.99. The fourth-order valence-electron chi connectivity index (χ4n) is 2.49. The summed E-state index contributed by atoms with van der Waals surface area (Å²) in [7, 11) is -2.89. The van der Waals surface area contributed by atoms with Gasteiger partial charge in [-0.25, -0.2) is 9.78 Å². The van der Waals surface area contributed by atoms with Crippen LogP contribution in [0.2, 0.25) is 6.04 Å². The van der Waals surface area contributed by atoms with E-state index in [2.05, 4.69) is 24.7 Å². The van der Waals surface area contributed by atoms with Crippen molar-refractivity contribution in [2.75, 3.05) is 13.7 Å². The molecule has 14 heteroatoms. The van der Waals surface area contributed by atoms with Gasteiger partial charge in [0.25, 0.3) is 5.97 Å². The van der Waals surface area contributed by atoms with Crippen molar-refractivity contribution in [3.63, 3.8) is 0 Å². The van der Waals surface area contributed by atoms with Gasteiger partial charge in [-0.05, 0) is 48.4 Å². The van der Waals surface area contributed by atoms with Crippen LogP contribution in [0.5, 0.6) is 0 Å². The van der Waals surface area contributed by atoms with Crippen molar-refractivity contribution in [3.8, 4) is 22.8 Å². The maximum atomic E-state index is 9.15. The summed E-state index contributed by atoms with van der Waals surface area (Å²) in [4.78, 5) is 62.9. The minimum absolute atomic E-state index is 0. The molecule has 0 atom stereocenters. The van der Waals surface area contributed by atoms with Gasteiger partial charge < -0.3 is 29.3 Å².